The predicted octanol–water partition coefficient (Wildman–Crippen LogP) is 3.75. The van der Waals surface area contributed by atoms with Gasteiger partial charge in [-0.15, -0.1) is 0 Å². The van der Waals surface area contributed by atoms with Crippen molar-refractivity contribution in [2.75, 3.05) is 0 Å². The van der Waals surface area contributed by atoms with Crippen LogP contribution in [0, 0.1) is 7.14 Å². The van der Waals surface area contributed by atoms with Gasteiger partial charge in [-0.05, 0) is 69.4 Å². The smallest absolute Gasteiger partial charge is 0.151 e. The molecule has 0 atom stereocenters. The number of rotatable bonds is 2. The molecule has 1 N–H and O–H groups in total. The van der Waals surface area contributed by atoms with Crippen LogP contribution in [0.15, 0.2) is 41.5 Å². The Hall–Kier alpha value is -0.700. The Morgan fingerprint density at radius 3 is 2.76 bits per heavy atom. The maximum absolute atomic E-state index is 9.88. The highest BCUT2D eigenvalue weighted by atomic mass is 127. The van der Waals surface area contributed by atoms with Gasteiger partial charge in [-0.25, -0.2) is 9.98 Å². The number of phenolic OH excluding ortho intramolecular Hbond substituents is 1. The molecule has 0 saturated carbocycles. The molecule has 0 radical (unpaired) electrons. The summed E-state index contributed by atoms with van der Waals surface area (Å²) < 4.78 is 1.88. The minimum atomic E-state index is 0.255. The average Bonchev–Trinajstić information content (AvgIpc) is 2.33. The number of halogens is 2. The maximum Gasteiger partial charge on any atom is 0.151 e. The van der Waals surface area contributed by atoms with E-state index in [4.69, 9.17) is 0 Å². The fraction of sp³-hybridized carbons (Fsp3) is 0. The Labute approximate surface area is 126 Å². The Morgan fingerprint density at radius 1 is 1.24 bits per heavy atom. The van der Waals surface area contributed by atoms with Crippen LogP contribution in [0.3, 0.4) is 0 Å². The van der Waals surface area contributed by atoms with E-state index < -0.39 is 0 Å². The van der Waals surface area contributed by atoms with Crippen molar-refractivity contribution in [1.29, 1.82) is 0 Å². The number of pyridine rings is 1. The lowest BCUT2D eigenvalue weighted by Crippen LogP contribution is -1.87. The third kappa shape index (κ3) is 3.38. The summed E-state index contributed by atoms with van der Waals surface area (Å²) >= 11 is 4.31. The van der Waals surface area contributed by atoms with Crippen molar-refractivity contribution in [1.82, 2.24) is 4.98 Å². The van der Waals surface area contributed by atoms with E-state index in [0.29, 0.717) is 11.4 Å². The van der Waals surface area contributed by atoms with Crippen LogP contribution in [0.1, 0.15) is 5.56 Å². The summed E-state index contributed by atoms with van der Waals surface area (Å²) in [6.07, 6.45) is 3.31. The van der Waals surface area contributed by atoms with Gasteiger partial charge in [0.2, 0.25) is 0 Å². The van der Waals surface area contributed by atoms with Gasteiger partial charge < -0.3 is 5.11 Å². The molecule has 0 aliphatic carbocycles. The van der Waals surface area contributed by atoms with Gasteiger partial charge in [-0.1, -0.05) is 6.07 Å². The second kappa shape index (κ2) is 5.76. The topological polar surface area (TPSA) is 45.5 Å². The zero-order valence-electron chi connectivity index (χ0n) is 8.64. The zero-order chi connectivity index (χ0) is 12.3. The highest BCUT2D eigenvalue weighted by molar-refractivity contribution is 14.1. The van der Waals surface area contributed by atoms with Crippen molar-refractivity contribution in [2.24, 2.45) is 4.99 Å². The molecular weight excluding hydrogens is 442 g/mol. The van der Waals surface area contributed by atoms with Gasteiger partial charge in [0.15, 0.2) is 5.82 Å². The van der Waals surface area contributed by atoms with Crippen molar-refractivity contribution < 1.29 is 5.11 Å². The normalized spacial score (nSPS) is 10.9. The number of hydrogen-bond acceptors (Lipinski definition) is 3. The molecule has 1 heterocycles. The second-order valence-electron chi connectivity index (χ2n) is 3.27. The molecule has 3 nitrogen and oxygen atoms in total. The summed E-state index contributed by atoms with van der Waals surface area (Å²) in [6, 6.07) is 9.31. The number of aromatic nitrogens is 1. The van der Waals surface area contributed by atoms with E-state index in [1.165, 1.54) is 0 Å². The highest BCUT2D eigenvalue weighted by Crippen LogP contribution is 2.26. The van der Waals surface area contributed by atoms with Crippen LogP contribution in [-0.4, -0.2) is 16.3 Å². The van der Waals surface area contributed by atoms with Crippen LogP contribution in [0.4, 0.5) is 5.82 Å². The first-order chi connectivity index (χ1) is 8.16. The number of aliphatic imine (C=N–C) groups is 1. The molecule has 0 amide bonds. The number of phenols is 1. The van der Waals surface area contributed by atoms with Gasteiger partial charge >= 0.3 is 0 Å². The molecule has 0 unspecified atom stereocenters. The summed E-state index contributed by atoms with van der Waals surface area (Å²) in [5.41, 5.74) is 0.701. The van der Waals surface area contributed by atoms with E-state index in [0.717, 1.165) is 7.14 Å². The number of benzene rings is 1. The Kier molecular flexibility index (Phi) is 4.32. The van der Waals surface area contributed by atoms with E-state index in [2.05, 4.69) is 55.2 Å². The van der Waals surface area contributed by atoms with E-state index in [-0.39, 0.29) is 5.75 Å². The van der Waals surface area contributed by atoms with Crippen molar-refractivity contribution >= 4 is 57.2 Å². The third-order valence-corrected chi connectivity index (χ3v) is 3.49. The molecule has 86 valence electrons. The van der Waals surface area contributed by atoms with Gasteiger partial charge in [-0.2, -0.15) is 0 Å². The van der Waals surface area contributed by atoms with Gasteiger partial charge in [-0.3, -0.25) is 0 Å². The largest absolute Gasteiger partial charge is 0.506 e. The Balaban J connectivity index is 2.33. The number of hydrogen-bond donors (Lipinski definition) is 1. The average molecular weight is 450 g/mol. The SMILES string of the molecule is Oc1c(I)cc(I)cc1C=Nc1ccccn1. The highest BCUT2D eigenvalue weighted by Gasteiger charge is 2.04. The molecule has 2 rings (SSSR count). The molecule has 0 fully saturated rings. The monoisotopic (exact) mass is 450 g/mol. The molecule has 0 aliphatic heterocycles. The number of nitrogens with zero attached hydrogens (tertiary/aromatic N) is 2. The van der Waals surface area contributed by atoms with Gasteiger partial charge in [0.1, 0.15) is 5.75 Å². The molecule has 1 aromatic carbocycles. The predicted molar refractivity (Wildman–Crippen MR) is 85.0 cm³/mol. The molecular formula is C12H8I2N2O. The van der Waals surface area contributed by atoms with E-state index >= 15 is 0 Å². The molecule has 0 spiro atoms. The maximum atomic E-state index is 9.88. The third-order valence-electron chi connectivity index (χ3n) is 2.04. The first-order valence-electron chi connectivity index (χ1n) is 4.80. The summed E-state index contributed by atoms with van der Waals surface area (Å²) in [4.78, 5) is 8.30. The van der Waals surface area contributed by atoms with E-state index in [1.54, 1.807) is 12.4 Å². The lowest BCUT2D eigenvalue weighted by molar-refractivity contribution is 0.470. The summed E-state index contributed by atoms with van der Waals surface area (Å²) in [5, 5.41) is 9.88. The minimum absolute atomic E-state index is 0.255. The Morgan fingerprint density at radius 2 is 2.06 bits per heavy atom. The molecule has 0 aliphatic rings. The van der Waals surface area contributed by atoms with Gasteiger partial charge in [0, 0.05) is 21.5 Å². The van der Waals surface area contributed by atoms with Crippen LogP contribution in [-0.2, 0) is 0 Å². The zero-order valence-corrected chi connectivity index (χ0v) is 13.0. The lowest BCUT2D eigenvalue weighted by Gasteiger charge is -2.02. The fourth-order valence-electron chi connectivity index (χ4n) is 1.25. The van der Waals surface area contributed by atoms with Crippen LogP contribution >= 0.6 is 45.2 Å². The van der Waals surface area contributed by atoms with Crippen molar-refractivity contribution in [2.45, 2.75) is 0 Å². The Bertz CT molecular complexity index is 556. The van der Waals surface area contributed by atoms with Gasteiger partial charge in [0.05, 0.1) is 3.57 Å². The first kappa shape index (κ1) is 12.7. The molecule has 0 saturated heterocycles. The van der Waals surface area contributed by atoms with Crippen molar-refractivity contribution in [3.63, 3.8) is 0 Å². The molecule has 5 heteroatoms. The van der Waals surface area contributed by atoms with Crippen LogP contribution in [0.2, 0.25) is 0 Å². The van der Waals surface area contributed by atoms with E-state index in [1.807, 2.05) is 30.3 Å². The minimum Gasteiger partial charge on any atom is -0.506 e. The summed E-state index contributed by atoms with van der Waals surface area (Å²) in [7, 11) is 0. The summed E-state index contributed by atoms with van der Waals surface area (Å²) in [6.45, 7) is 0. The van der Waals surface area contributed by atoms with Crippen LogP contribution in [0.5, 0.6) is 5.75 Å². The standard InChI is InChI=1S/C12H8I2N2O/c13-9-5-8(12(17)10(14)6-9)7-16-11-3-1-2-4-15-11/h1-7,17H. The van der Waals surface area contributed by atoms with Crippen LogP contribution < -0.4 is 0 Å². The number of aromatic hydroxyl groups is 1. The molecule has 2 aromatic rings. The van der Waals surface area contributed by atoms with Crippen molar-refractivity contribution in [3.05, 3.63) is 49.2 Å². The summed E-state index contributed by atoms with van der Waals surface area (Å²) in [5.74, 6) is 0.881. The van der Waals surface area contributed by atoms with Gasteiger partial charge in [0.25, 0.3) is 0 Å². The molecule has 1 aromatic heterocycles. The second-order valence-corrected chi connectivity index (χ2v) is 5.68. The lowest BCUT2D eigenvalue weighted by atomic mass is 10.2. The fourth-order valence-corrected chi connectivity index (χ4v) is 3.14. The van der Waals surface area contributed by atoms with Crippen molar-refractivity contribution in [3.8, 4) is 5.75 Å². The molecule has 17 heavy (non-hydrogen) atoms. The van der Waals surface area contributed by atoms with E-state index in [9.17, 15) is 5.11 Å². The quantitative estimate of drug-likeness (QED) is 0.560. The van der Waals surface area contributed by atoms with Crippen LogP contribution in [0.25, 0.3) is 0 Å². The first-order valence-corrected chi connectivity index (χ1v) is 6.95. The molecule has 0 bridgehead atoms.